The van der Waals surface area contributed by atoms with Crippen molar-refractivity contribution in [3.05, 3.63) is 65.0 Å². The Morgan fingerprint density at radius 1 is 0.905 bits per heavy atom. The summed E-state index contributed by atoms with van der Waals surface area (Å²) in [5, 5.41) is 12.0. The van der Waals surface area contributed by atoms with Crippen LogP contribution in [0, 0.1) is 29.1 Å². The van der Waals surface area contributed by atoms with Crippen molar-refractivity contribution < 1.29 is 27.1 Å². The molecule has 2 aromatic carbocycles. The fourth-order valence-corrected chi connectivity index (χ4v) is 1.75. The standard InChI is InChI=1S/C14H10F5NO/c15-7-1-2-9(16)8(5-7)12(21)6-20-11-4-3-10(17)13(18)14(11)19/h1-5,12,20-21H,6H2. The second-order valence-corrected chi connectivity index (χ2v) is 4.29. The maximum absolute atomic E-state index is 13.4. The number of halogens is 5. The number of rotatable bonds is 4. The third-order valence-corrected chi connectivity index (χ3v) is 2.84. The van der Waals surface area contributed by atoms with E-state index in [0.717, 1.165) is 24.3 Å². The zero-order valence-corrected chi connectivity index (χ0v) is 10.5. The minimum absolute atomic E-state index is 0.328. The first-order valence-electron chi connectivity index (χ1n) is 5.90. The Morgan fingerprint density at radius 2 is 1.57 bits per heavy atom. The summed E-state index contributed by atoms with van der Waals surface area (Å²) in [5.74, 6) is -6.05. The third-order valence-electron chi connectivity index (χ3n) is 2.84. The predicted octanol–water partition coefficient (Wildman–Crippen LogP) is 3.53. The van der Waals surface area contributed by atoms with E-state index >= 15 is 0 Å². The van der Waals surface area contributed by atoms with Gasteiger partial charge in [-0.15, -0.1) is 0 Å². The largest absolute Gasteiger partial charge is 0.386 e. The van der Waals surface area contributed by atoms with Crippen LogP contribution in [0.15, 0.2) is 30.3 Å². The summed E-state index contributed by atoms with van der Waals surface area (Å²) in [6.45, 7) is -0.414. The van der Waals surface area contributed by atoms with E-state index in [1.54, 1.807) is 0 Å². The van der Waals surface area contributed by atoms with Crippen LogP contribution in [0.5, 0.6) is 0 Å². The molecule has 1 unspecified atom stereocenters. The molecule has 0 radical (unpaired) electrons. The minimum atomic E-state index is -1.66. The van der Waals surface area contributed by atoms with Gasteiger partial charge in [0.15, 0.2) is 17.5 Å². The van der Waals surface area contributed by atoms with Gasteiger partial charge in [-0.3, -0.25) is 0 Å². The number of benzene rings is 2. The van der Waals surface area contributed by atoms with E-state index in [2.05, 4.69) is 5.32 Å². The lowest BCUT2D eigenvalue weighted by molar-refractivity contribution is 0.186. The SMILES string of the molecule is OC(CNc1ccc(F)c(F)c1F)c1cc(F)ccc1F. The summed E-state index contributed by atoms with van der Waals surface area (Å²) < 4.78 is 65.5. The van der Waals surface area contributed by atoms with Crippen LogP contribution in [-0.2, 0) is 0 Å². The molecule has 0 saturated heterocycles. The van der Waals surface area contributed by atoms with Crippen LogP contribution < -0.4 is 5.32 Å². The molecule has 112 valence electrons. The zero-order chi connectivity index (χ0) is 15.6. The van der Waals surface area contributed by atoms with Gasteiger partial charge in [0.2, 0.25) is 0 Å². The quantitative estimate of drug-likeness (QED) is 0.669. The van der Waals surface area contributed by atoms with Gasteiger partial charge in [-0.1, -0.05) is 0 Å². The van der Waals surface area contributed by atoms with Crippen molar-refractivity contribution in [3.63, 3.8) is 0 Å². The molecule has 7 heteroatoms. The summed E-state index contributed by atoms with van der Waals surface area (Å²) in [6, 6.07) is 4.15. The highest BCUT2D eigenvalue weighted by Crippen LogP contribution is 2.22. The van der Waals surface area contributed by atoms with Crippen molar-refractivity contribution in [2.75, 3.05) is 11.9 Å². The first-order chi connectivity index (χ1) is 9.90. The molecule has 0 heterocycles. The van der Waals surface area contributed by atoms with Crippen LogP contribution in [0.2, 0.25) is 0 Å². The molecule has 2 nitrogen and oxygen atoms in total. The van der Waals surface area contributed by atoms with Crippen molar-refractivity contribution in [3.8, 4) is 0 Å². The van der Waals surface area contributed by atoms with E-state index in [0.29, 0.717) is 6.07 Å². The number of hydrogen-bond acceptors (Lipinski definition) is 2. The molecule has 2 rings (SSSR count). The fourth-order valence-electron chi connectivity index (χ4n) is 1.75. The summed E-state index contributed by atoms with van der Waals surface area (Å²) in [6.07, 6.45) is -1.49. The van der Waals surface area contributed by atoms with E-state index in [-0.39, 0.29) is 5.56 Å². The second-order valence-electron chi connectivity index (χ2n) is 4.29. The molecule has 1 atom stereocenters. The van der Waals surface area contributed by atoms with Gasteiger partial charge in [-0.25, -0.2) is 22.0 Å². The number of anilines is 1. The number of aliphatic hydroxyl groups is 1. The lowest BCUT2D eigenvalue weighted by Gasteiger charge is -2.14. The van der Waals surface area contributed by atoms with Crippen LogP contribution in [0.1, 0.15) is 11.7 Å². The van der Waals surface area contributed by atoms with E-state index in [9.17, 15) is 27.1 Å². The molecule has 0 spiro atoms. The Morgan fingerprint density at radius 3 is 2.29 bits per heavy atom. The van der Waals surface area contributed by atoms with Crippen molar-refractivity contribution in [1.29, 1.82) is 0 Å². The summed E-state index contributed by atoms with van der Waals surface area (Å²) >= 11 is 0. The van der Waals surface area contributed by atoms with Gasteiger partial charge < -0.3 is 10.4 Å². The summed E-state index contributed by atoms with van der Waals surface area (Å²) in [5.41, 5.74) is -0.727. The van der Waals surface area contributed by atoms with Gasteiger partial charge in [0.25, 0.3) is 0 Å². The van der Waals surface area contributed by atoms with Crippen LogP contribution in [0.3, 0.4) is 0 Å². The third kappa shape index (κ3) is 3.30. The van der Waals surface area contributed by atoms with Gasteiger partial charge in [0.05, 0.1) is 11.8 Å². The van der Waals surface area contributed by atoms with E-state index < -0.39 is 47.4 Å². The molecule has 0 aliphatic carbocycles. The Bertz CT molecular complexity index is 662. The molecule has 0 aromatic heterocycles. The fraction of sp³-hybridized carbons (Fsp3) is 0.143. The van der Waals surface area contributed by atoms with E-state index in [1.165, 1.54) is 0 Å². The first-order valence-corrected chi connectivity index (χ1v) is 5.90. The van der Waals surface area contributed by atoms with Crippen LogP contribution >= 0.6 is 0 Å². The first kappa shape index (κ1) is 15.2. The molecule has 0 bridgehead atoms. The highest BCUT2D eigenvalue weighted by atomic mass is 19.2. The Hall–Kier alpha value is -2.15. The Labute approximate surface area is 116 Å². The highest BCUT2D eigenvalue weighted by Gasteiger charge is 2.17. The van der Waals surface area contributed by atoms with Gasteiger partial charge in [-0.2, -0.15) is 0 Å². The maximum atomic E-state index is 13.4. The maximum Gasteiger partial charge on any atom is 0.196 e. The molecule has 0 saturated carbocycles. The van der Waals surface area contributed by atoms with Crippen LogP contribution in [-0.4, -0.2) is 11.7 Å². The monoisotopic (exact) mass is 303 g/mol. The number of nitrogens with one attached hydrogen (secondary N) is 1. The minimum Gasteiger partial charge on any atom is -0.386 e. The molecular weight excluding hydrogens is 293 g/mol. The molecule has 0 aliphatic heterocycles. The molecule has 2 N–H and O–H groups in total. The molecule has 0 fully saturated rings. The lowest BCUT2D eigenvalue weighted by Crippen LogP contribution is -2.15. The van der Waals surface area contributed by atoms with Crippen molar-refractivity contribution in [1.82, 2.24) is 0 Å². The number of aliphatic hydroxyl groups excluding tert-OH is 1. The lowest BCUT2D eigenvalue weighted by atomic mass is 10.1. The zero-order valence-electron chi connectivity index (χ0n) is 10.5. The van der Waals surface area contributed by atoms with E-state index in [1.807, 2.05) is 0 Å². The van der Waals surface area contributed by atoms with Crippen molar-refractivity contribution in [2.24, 2.45) is 0 Å². The normalized spacial score (nSPS) is 12.3. The predicted molar refractivity (Wildman–Crippen MR) is 66.1 cm³/mol. The summed E-state index contributed by atoms with van der Waals surface area (Å²) in [7, 11) is 0. The van der Waals surface area contributed by atoms with Crippen molar-refractivity contribution >= 4 is 5.69 Å². The van der Waals surface area contributed by atoms with Crippen LogP contribution in [0.25, 0.3) is 0 Å². The molecule has 0 amide bonds. The Balaban J connectivity index is 2.13. The van der Waals surface area contributed by atoms with Gasteiger partial charge in [-0.05, 0) is 30.3 Å². The molecule has 2 aromatic rings. The van der Waals surface area contributed by atoms with Gasteiger partial charge in [0, 0.05) is 12.1 Å². The molecule has 21 heavy (non-hydrogen) atoms. The van der Waals surface area contributed by atoms with E-state index in [4.69, 9.17) is 0 Å². The van der Waals surface area contributed by atoms with Crippen LogP contribution in [0.4, 0.5) is 27.6 Å². The second kappa shape index (κ2) is 6.09. The number of hydrogen-bond donors (Lipinski definition) is 2. The smallest absolute Gasteiger partial charge is 0.196 e. The average molecular weight is 303 g/mol. The summed E-state index contributed by atoms with van der Waals surface area (Å²) in [4.78, 5) is 0. The van der Waals surface area contributed by atoms with Gasteiger partial charge >= 0.3 is 0 Å². The molecular formula is C14H10F5NO. The topological polar surface area (TPSA) is 32.3 Å². The highest BCUT2D eigenvalue weighted by molar-refractivity contribution is 5.45. The Kier molecular flexibility index (Phi) is 4.42. The van der Waals surface area contributed by atoms with Crippen molar-refractivity contribution in [2.45, 2.75) is 6.10 Å². The van der Waals surface area contributed by atoms with Gasteiger partial charge in [0.1, 0.15) is 11.6 Å². The average Bonchev–Trinajstić information content (AvgIpc) is 2.46. The molecule has 0 aliphatic rings.